The molecule has 0 radical (unpaired) electrons. The van der Waals surface area contributed by atoms with E-state index in [0.29, 0.717) is 27.5 Å². The van der Waals surface area contributed by atoms with Crippen LogP contribution in [0.2, 0.25) is 0 Å². The number of benzene rings is 1. The Hall–Kier alpha value is -2.14. The van der Waals surface area contributed by atoms with E-state index in [1.165, 1.54) is 30.0 Å². The molecule has 1 heterocycles. The van der Waals surface area contributed by atoms with Crippen LogP contribution in [0.1, 0.15) is 31.4 Å². The first-order chi connectivity index (χ1) is 13.5. The number of hydrogen-bond donors (Lipinski definition) is 4. The number of nitrogens with one attached hydrogen (secondary N) is 4. The van der Waals surface area contributed by atoms with Gasteiger partial charge in [0.1, 0.15) is 5.82 Å². The second-order valence-corrected chi connectivity index (χ2v) is 8.21. The minimum absolute atomic E-state index is 0.0193. The van der Waals surface area contributed by atoms with Crippen LogP contribution in [0.5, 0.6) is 0 Å². The number of amides is 2. The van der Waals surface area contributed by atoms with Gasteiger partial charge < -0.3 is 16.0 Å². The first kappa shape index (κ1) is 20.6. The molecule has 1 aliphatic rings. The Kier molecular flexibility index (Phi) is 7.26. The van der Waals surface area contributed by atoms with Crippen molar-refractivity contribution in [2.45, 2.75) is 36.8 Å². The van der Waals surface area contributed by atoms with Gasteiger partial charge in [-0.05, 0) is 57.3 Å². The highest BCUT2D eigenvalue weighted by atomic mass is 79.9. The molecular formula is C17H20BrFN6O2S. The predicted molar refractivity (Wildman–Crippen MR) is 108 cm³/mol. The Morgan fingerprint density at radius 1 is 1.36 bits per heavy atom. The predicted octanol–water partition coefficient (Wildman–Crippen LogP) is 3.74. The van der Waals surface area contributed by atoms with Gasteiger partial charge in [-0.2, -0.15) is 0 Å². The molecule has 2 aromatic rings. The lowest BCUT2D eigenvalue weighted by atomic mass is 10.3. The number of nitrogens with zero attached hydrogens (tertiary/aromatic N) is 2. The minimum Gasteiger partial charge on any atom is -0.339 e. The van der Waals surface area contributed by atoms with Gasteiger partial charge in [-0.25, -0.2) is 13.8 Å². The summed E-state index contributed by atoms with van der Waals surface area (Å²) in [6.07, 6.45) is 4.40. The lowest BCUT2D eigenvalue weighted by Gasteiger charge is -2.12. The minimum atomic E-state index is -0.388. The monoisotopic (exact) mass is 470 g/mol. The maximum Gasteiger partial charge on any atom is 0.315 e. The maximum atomic E-state index is 13.3. The Morgan fingerprint density at radius 3 is 2.89 bits per heavy atom. The molecule has 1 fully saturated rings. The number of urea groups is 1. The van der Waals surface area contributed by atoms with Crippen LogP contribution in [0.15, 0.2) is 32.3 Å². The van der Waals surface area contributed by atoms with Crippen LogP contribution in [-0.2, 0) is 0 Å². The van der Waals surface area contributed by atoms with Crippen molar-refractivity contribution >= 4 is 45.2 Å². The van der Waals surface area contributed by atoms with Gasteiger partial charge in [0, 0.05) is 24.0 Å². The van der Waals surface area contributed by atoms with Gasteiger partial charge in [-0.1, -0.05) is 24.6 Å². The van der Waals surface area contributed by atoms with E-state index < -0.39 is 0 Å². The molecule has 0 bridgehead atoms. The van der Waals surface area contributed by atoms with Crippen LogP contribution < -0.4 is 16.0 Å². The smallest absolute Gasteiger partial charge is 0.315 e. The lowest BCUT2D eigenvalue weighted by molar-refractivity contribution is 0.237. The number of rotatable bonds is 7. The first-order valence-electron chi connectivity index (χ1n) is 8.83. The Morgan fingerprint density at radius 2 is 2.14 bits per heavy atom. The number of hydrogen-bond acceptors (Lipinski definition) is 6. The zero-order valence-corrected chi connectivity index (χ0v) is 17.3. The molecule has 0 saturated heterocycles. The van der Waals surface area contributed by atoms with Crippen molar-refractivity contribution < 1.29 is 13.8 Å². The highest BCUT2D eigenvalue weighted by molar-refractivity contribution is 9.10. The SMILES string of the molecule is N=C(Nc1ccc(F)c(Br)c1)c1nonc1SCCNC(=O)NC1CCCC1. The average molecular weight is 471 g/mol. The summed E-state index contributed by atoms with van der Waals surface area (Å²) < 4.78 is 18.3. The average Bonchev–Trinajstić information content (AvgIpc) is 3.33. The molecule has 2 amide bonds. The lowest BCUT2D eigenvalue weighted by Crippen LogP contribution is -2.41. The first-order valence-corrected chi connectivity index (χ1v) is 10.6. The topological polar surface area (TPSA) is 116 Å². The molecule has 28 heavy (non-hydrogen) atoms. The number of halogens is 2. The summed E-state index contributed by atoms with van der Waals surface area (Å²) in [4.78, 5) is 11.8. The Bertz CT molecular complexity index is 843. The quantitative estimate of drug-likeness (QED) is 0.212. The fourth-order valence-corrected chi connectivity index (χ4v) is 3.96. The van der Waals surface area contributed by atoms with Gasteiger partial charge in [-0.3, -0.25) is 5.41 Å². The van der Waals surface area contributed by atoms with Crippen molar-refractivity contribution in [2.24, 2.45) is 0 Å². The summed E-state index contributed by atoms with van der Waals surface area (Å²) in [7, 11) is 0. The molecule has 3 rings (SSSR count). The number of aromatic nitrogens is 2. The Labute approximate surface area is 174 Å². The van der Waals surface area contributed by atoms with Gasteiger partial charge in [0.25, 0.3) is 0 Å². The van der Waals surface area contributed by atoms with Crippen LogP contribution in [0.4, 0.5) is 14.9 Å². The fourth-order valence-electron chi connectivity index (χ4n) is 2.82. The molecule has 0 atom stereocenters. The Balaban J connectivity index is 1.45. The number of carbonyl (C=O) groups is 1. The largest absolute Gasteiger partial charge is 0.339 e. The van der Waals surface area contributed by atoms with Crippen molar-refractivity contribution in [1.82, 2.24) is 20.9 Å². The van der Waals surface area contributed by atoms with E-state index in [0.717, 1.165) is 25.7 Å². The molecule has 1 aliphatic carbocycles. The highest BCUT2D eigenvalue weighted by Crippen LogP contribution is 2.23. The van der Waals surface area contributed by atoms with Crippen molar-refractivity contribution in [3.63, 3.8) is 0 Å². The molecule has 0 aliphatic heterocycles. The number of anilines is 1. The molecule has 1 aromatic carbocycles. The summed E-state index contributed by atoms with van der Waals surface area (Å²) in [5.74, 6) is 0.143. The van der Waals surface area contributed by atoms with Gasteiger partial charge >= 0.3 is 6.03 Å². The van der Waals surface area contributed by atoms with Crippen LogP contribution >= 0.6 is 27.7 Å². The molecule has 8 nitrogen and oxygen atoms in total. The zero-order chi connectivity index (χ0) is 19.9. The second-order valence-electron chi connectivity index (χ2n) is 6.28. The van der Waals surface area contributed by atoms with Crippen molar-refractivity contribution in [3.8, 4) is 0 Å². The van der Waals surface area contributed by atoms with Gasteiger partial charge in [0.15, 0.2) is 16.6 Å². The number of carbonyl (C=O) groups excluding carboxylic acids is 1. The molecule has 150 valence electrons. The molecule has 0 unspecified atom stereocenters. The van der Waals surface area contributed by atoms with E-state index in [2.05, 4.69) is 42.2 Å². The summed E-state index contributed by atoms with van der Waals surface area (Å²) >= 11 is 4.43. The van der Waals surface area contributed by atoms with Crippen molar-refractivity contribution in [2.75, 3.05) is 17.6 Å². The molecule has 1 saturated carbocycles. The van der Waals surface area contributed by atoms with Gasteiger partial charge in [0.2, 0.25) is 0 Å². The third-order valence-electron chi connectivity index (χ3n) is 4.20. The second kappa shape index (κ2) is 9.87. The highest BCUT2D eigenvalue weighted by Gasteiger charge is 2.18. The standard InChI is InChI=1S/C17H20BrFN6O2S/c18-12-9-11(5-6-13(12)19)22-15(20)14-16(25-27-24-14)28-8-7-21-17(26)23-10-3-1-2-4-10/h5-6,9-10H,1-4,7-8H2,(H2,20,22)(H2,21,23,26). The third kappa shape index (κ3) is 5.68. The number of amidine groups is 1. The van der Waals surface area contributed by atoms with E-state index in [9.17, 15) is 9.18 Å². The summed E-state index contributed by atoms with van der Waals surface area (Å²) in [6.45, 7) is 0.446. The van der Waals surface area contributed by atoms with E-state index in [4.69, 9.17) is 10.0 Å². The van der Waals surface area contributed by atoms with E-state index in [1.54, 1.807) is 0 Å². The molecular weight excluding hydrogens is 451 g/mol. The summed E-state index contributed by atoms with van der Waals surface area (Å²) in [5.41, 5.74) is 0.781. The molecule has 4 N–H and O–H groups in total. The summed E-state index contributed by atoms with van der Waals surface area (Å²) in [6, 6.07) is 4.44. The molecule has 0 spiro atoms. The van der Waals surface area contributed by atoms with Gasteiger partial charge in [-0.15, -0.1) is 0 Å². The third-order valence-corrected chi connectivity index (χ3v) is 5.76. The van der Waals surface area contributed by atoms with Crippen LogP contribution in [-0.4, -0.2) is 40.5 Å². The van der Waals surface area contributed by atoms with Crippen LogP contribution in [0.3, 0.4) is 0 Å². The maximum absolute atomic E-state index is 13.3. The normalized spacial score (nSPS) is 14.1. The summed E-state index contributed by atoms with van der Waals surface area (Å²) in [5, 5.41) is 24.8. The molecule has 1 aromatic heterocycles. The van der Waals surface area contributed by atoms with Crippen molar-refractivity contribution in [3.05, 3.63) is 34.2 Å². The zero-order valence-electron chi connectivity index (χ0n) is 14.9. The van der Waals surface area contributed by atoms with E-state index in [-0.39, 0.29) is 29.4 Å². The van der Waals surface area contributed by atoms with Crippen LogP contribution in [0, 0.1) is 11.2 Å². The molecule has 11 heteroatoms. The van der Waals surface area contributed by atoms with Crippen LogP contribution in [0.25, 0.3) is 0 Å². The van der Waals surface area contributed by atoms with E-state index in [1.807, 2.05) is 0 Å². The van der Waals surface area contributed by atoms with E-state index >= 15 is 0 Å². The van der Waals surface area contributed by atoms with Gasteiger partial charge in [0.05, 0.1) is 4.47 Å². The number of thioether (sulfide) groups is 1. The fraction of sp³-hybridized carbons (Fsp3) is 0.412. The van der Waals surface area contributed by atoms with Crippen molar-refractivity contribution in [1.29, 1.82) is 5.41 Å².